The quantitative estimate of drug-likeness (QED) is 0.843. The van der Waals surface area contributed by atoms with E-state index in [1.165, 1.54) is 23.3 Å². The van der Waals surface area contributed by atoms with Crippen LogP contribution in [0.5, 0.6) is 0 Å². The maximum atomic E-state index is 13.5. The highest BCUT2D eigenvalue weighted by atomic mass is 19.1. The fourth-order valence-electron chi connectivity index (χ4n) is 4.56. The van der Waals surface area contributed by atoms with Crippen LogP contribution in [0.25, 0.3) is 0 Å². The Morgan fingerprint density at radius 3 is 2.81 bits per heavy atom. The van der Waals surface area contributed by atoms with Crippen LogP contribution < -0.4 is 5.32 Å². The molecule has 0 bridgehead atoms. The van der Waals surface area contributed by atoms with E-state index in [4.69, 9.17) is 9.73 Å². The standard InChI is InChI=1S/C22H24FN3O/c23-18-8-6-17(7-9-18)20-19-5-2-1-4-16(19)10-13-26(20)21-25-22(15-27-21)11-3-12-24-14-22/h1-2,4-9,20,24H,3,10-15H2/t20-,22?/m0/s1. The lowest BCUT2D eigenvalue weighted by Gasteiger charge is -2.38. The lowest BCUT2D eigenvalue weighted by Crippen LogP contribution is -2.45. The van der Waals surface area contributed by atoms with Gasteiger partial charge < -0.3 is 15.0 Å². The van der Waals surface area contributed by atoms with Gasteiger partial charge in [-0.2, -0.15) is 0 Å². The van der Waals surface area contributed by atoms with Gasteiger partial charge in [-0.25, -0.2) is 9.38 Å². The zero-order chi connectivity index (χ0) is 18.3. The van der Waals surface area contributed by atoms with Crippen molar-refractivity contribution in [2.24, 2.45) is 4.99 Å². The predicted octanol–water partition coefficient (Wildman–Crippen LogP) is 3.28. The molecule has 1 spiro atoms. The van der Waals surface area contributed by atoms with Crippen molar-refractivity contribution in [3.8, 4) is 0 Å². The molecule has 1 unspecified atom stereocenters. The molecule has 27 heavy (non-hydrogen) atoms. The lowest BCUT2D eigenvalue weighted by molar-refractivity contribution is 0.186. The van der Waals surface area contributed by atoms with Gasteiger partial charge in [-0.05, 0) is 54.6 Å². The Balaban J connectivity index is 1.55. The van der Waals surface area contributed by atoms with E-state index in [-0.39, 0.29) is 17.4 Å². The molecule has 1 saturated heterocycles. The molecule has 0 aliphatic carbocycles. The molecule has 1 N–H and O–H groups in total. The summed E-state index contributed by atoms with van der Waals surface area (Å²) in [7, 11) is 0. The van der Waals surface area contributed by atoms with Gasteiger partial charge in [0.05, 0.1) is 6.04 Å². The first-order chi connectivity index (χ1) is 13.2. The second-order valence-corrected chi connectivity index (χ2v) is 7.78. The number of nitrogens with zero attached hydrogens (tertiary/aromatic N) is 2. The van der Waals surface area contributed by atoms with Crippen LogP contribution in [-0.2, 0) is 11.2 Å². The van der Waals surface area contributed by atoms with Gasteiger partial charge in [0.15, 0.2) is 0 Å². The fourth-order valence-corrected chi connectivity index (χ4v) is 4.56. The summed E-state index contributed by atoms with van der Waals surface area (Å²) in [5.41, 5.74) is 3.54. The Kier molecular flexibility index (Phi) is 4.12. The zero-order valence-electron chi connectivity index (χ0n) is 15.3. The van der Waals surface area contributed by atoms with Crippen molar-refractivity contribution in [3.63, 3.8) is 0 Å². The molecule has 1 fully saturated rings. The maximum absolute atomic E-state index is 13.5. The summed E-state index contributed by atoms with van der Waals surface area (Å²) in [4.78, 5) is 7.32. The Labute approximate surface area is 159 Å². The first-order valence-corrected chi connectivity index (χ1v) is 9.77. The molecule has 4 nitrogen and oxygen atoms in total. The molecule has 2 aromatic rings. The Morgan fingerprint density at radius 2 is 2.00 bits per heavy atom. The molecule has 0 radical (unpaired) electrons. The van der Waals surface area contributed by atoms with E-state index < -0.39 is 0 Å². The largest absolute Gasteiger partial charge is 0.462 e. The molecule has 0 saturated carbocycles. The summed E-state index contributed by atoms with van der Waals surface area (Å²) in [6.45, 7) is 3.43. The van der Waals surface area contributed by atoms with Crippen molar-refractivity contribution in [1.29, 1.82) is 0 Å². The summed E-state index contributed by atoms with van der Waals surface area (Å²) in [5.74, 6) is -0.212. The van der Waals surface area contributed by atoms with Gasteiger partial charge in [0, 0.05) is 13.1 Å². The van der Waals surface area contributed by atoms with E-state index in [2.05, 4.69) is 34.5 Å². The monoisotopic (exact) mass is 365 g/mol. The third-order valence-corrected chi connectivity index (χ3v) is 5.97. The molecule has 3 heterocycles. The number of halogens is 1. The Bertz CT molecular complexity index is 858. The number of hydrogen-bond donors (Lipinski definition) is 1. The summed E-state index contributed by atoms with van der Waals surface area (Å²) in [6.07, 6.45) is 3.15. The van der Waals surface area contributed by atoms with Crippen LogP contribution in [0, 0.1) is 5.82 Å². The Hall–Kier alpha value is -2.40. The van der Waals surface area contributed by atoms with Crippen molar-refractivity contribution in [2.75, 3.05) is 26.2 Å². The van der Waals surface area contributed by atoms with Crippen LogP contribution in [-0.4, -0.2) is 42.7 Å². The van der Waals surface area contributed by atoms with Crippen LogP contribution in [0.15, 0.2) is 53.5 Å². The van der Waals surface area contributed by atoms with Gasteiger partial charge in [0.2, 0.25) is 0 Å². The van der Waals surface area contributed by atoms with Crippen LogP contribution >= 0.6 is 0 Å². The molecule has 0 amide bonds. The molecular formula is C22H24FN3O. The minimum Gasteiger partial charge on any atom is -0.462 e. The number of fused-ring (bicyclic) bond motifs is 1. The number of piperidine rings is 1. The number of ether oxygens (including phenoxy) is 1. The van der Waals surface area contributed by atoms with Crippen LogP contribution in [0.2, 0.25) is 0 Å². The summed E-state index contributed by atoms with van der Waals surface area (Å²) < 4.78 is 19.7. The van der Waals surface area contributed by atoms with E-state index in [0.29, 0.717) is 6.61 Å². The number of rotatable bonds is 1. The SMILES string of the molecule is Fc1ccc([C@H]2c3ccccc3CCN2C2=NC3(CCCNC3)CO2)cc1. The molecule has 3 aliphatic heterocycles. The van der Waals surface area contributed by atoms with Gasteiger partial charge in [-0.15, -0.1) is 0 Å². The number of aliphatic imine (C=N–C) groups is 1. The van der Waals surface area contributed by atoms with Crippen molar-refractivity contribution < 1.29 is 9.13 Å². The van der Waals surface area contributed by atoms with Crippen molar-refractivity contribution >= 4 is 6.02 Å². The molecule has 0 aromatic heterocycles. The number of hydrogen-bond acceptors (Lipinski definition) is 4. The van der Waals surface area contributed by atoms with Crippen molar-refractivity contribution in [1.82, 2.24) is 10.2 Å². The average molecular weight is 365 g/mol. The molecular weight excluding hydrogens is 341 g/mol. The smallest absolute Gasteiger partial charge is 0.288 e. The van der Waals surface area contributed by atoms with E-state index in [9.17, 15) is 4.39 Å². The average Bonchev–Trinajstić information content (AvgIpc) is 3.11. The highest BCUT2D eigenvalue weighted by Crippen LogP contribution is 2.38. The predicted molar refractivity (Wildman–Crippen MR) is 103 cm³/mol. The van der Waals surface area contributed by atoms with Crippen LogP contribution in [0.1, 0.15) is 35.6 Å². The lowest BCUT2D eigenvalue weighted by atomic mass is 9.88. The molecule has 2 atom stereocenters. The number of nitrogens with one attached hydrogen (secondary N) is 1. The Morgan fingerprint density at radius 1 is 1.15 bits per heavy atom. The minimum absolute atomic E-state index is 0.000926. The van der Waals surface area contributed by atoms with Gasteiger partial charge >= 0.3 is 0 Å². The summed E-state index contributed by atoms with van der Waals surface area (Å²) in [5, 5.41) is 3.46. The number of benzene rings is 2. The third-order valence-electron chi connectivity index (χ3n) is 5.97. The molecule has 5 heteroatoms. The fraction of sp³-hybridized carbons (Fsp3) is 0.409. The maximum Gasteiger partial charge on any atom is 0.288 e. The van der Waals surface area contributed by atoms with Gasteiger partial charge in [0.25, 0.3) is 6.02 Å². The van der Waals surface area contributed by atoms with Crippen molar-refractivity contribution in [3.05, 3.63) is 71.0 Å². The zero-order valence-corrected chi connectivity index (χ0v) is 15.3. The van der Waals surface area contributed by atoms with Gasteiger partial charge in [0.1, 0.15) is 18.0 Å². The first-order valence-electron chi connectivity index (χ1n) is 9.77. The van der Waals surface area contributed by atoms with Crippen LogP contribution in [0.4, 0.5) is 4.39 Å². The summed E-state index contributed by atoms with van der Waals surface area (Å²) >= 11 is 0. The molecule has 5 rings (SSSR count). The van der Waals surface area contributed by atoms with Crippen LogP contribution in [0.3, 0.4) is 0 Å². The van der Waals surface area contributed by atoms with E-state index >= 15 is 0 Å². The topological polar surface area (TPSA) is 36.9 Å². The summed E-state index contributed by atoms with van der Waals surface area (Å²) in [6, 6.07) is 16.1. The normalized spacial score (nSPS) is 27.2. The van der Waals surface area contributed by atoms with Gasteiger partial charge in [-0.3, -0.25) is 0 Å². The molecule has 3 aliphatic rings. The number of amidine groups is 1. The van der Waals surface area contributed by atoms with E-state index in [0.717, 1.165) is 50.5 Å². The second kappa shape index (κ2) is 6.64. The first kappa shape index (κ1) is 16.8. The highest BCUT2D eigenvalue weighted by molar-refractivity contribution is 5.78. The van der Waals surface area contributed by atoms with E-state index in [1.54, 1.807) is 0 Å². The third kappa shape index (κ3) is 3.00. The van der Waals surface area contributed by atoms with Crippen molar-refractivity contribution in [2.45, 2.75) is 30.8 Å². The molecule has 2 aromatic carbocycles. The minimum atomic E-state index is -0.212. The molecule has 140 valence electrons. The van der Waals surface area contributed by atoms with E-state index in [1.807, 2.05) is 12.1 Å². The van der Waals surface area contributed by atoms with Gasteiger partial charge in [-0.1, -0.05) is 36.4 Å². The highest BCUT2D eigenvalue weighted by Gasteiger charge is 2.42. The second-order valence-electron chi connectivity index (χ2n) is 7.78.